The number of hydrogen-bond donors (Lipinski definition) is 0. The van der Waals surface area contributed by atoms with Gasteiger partial charge in [-0.2, -0.15) is 5.10 Å². The van der Waals surface area contributed by atoms with E-state index in [4.69, 9.17) is 16.3 Å². The lowest BCUT2D eigenvalue weighted by atomic mass is 10.1. The molecule has 0 aliphatic carbocycles. The van der Waals surface area contributed by atoms with Gasteiger partial charge in [0.1, 0.15) is 12.3 Å². The van der Waals surface area contributed by atoms with Crippen molar-refractivity contribution in [3.05, 3.63) is 46.2 Å². The van der Waals surface area contributed by atoms with Crippen LogP contribution in [0.3, 0.4) is 0 Å². The molecular weight excluding hydrogens is 264 g/mol. The maximum atomic E-state index is 12.2. The highest BCUT2D eigenvalue weighted by Gasteiger charge is 2.11. The molecule has 0 spiro atoms. The SMILES string of the molecule is COc1ccc(C(=O)Cn2nc(C)cc2C)cc1Cl. The van der Waals surface area contributed by atoms with Gasteiger partial charge in [0.2, 0.25) is 0 Å². The lowest BCUT2D eigenvalue weighted by Gasteiger charge is -2.07. The van der Waals surface area contributed by atoms with E-state index in [1.165, 1.54) is 0 Å². The van der Waals surface area contributed by atoms with Gasteiger partial charge in [0, 0.05) is 11.3 Å². The third kappa shape index (κ3) is 2.96. The summed E-state index contributed by atoms with van der Waals surface area (Å²) in [4.78, 5) is 12.2. The average Bonchev–Trinajstić information content (AvgIpc) is 2.67. The number of carbonyl (C=O) groups is 1. The minimum absolute atomic E-state index is 0.0317. The maximum absolute atomic E-state index is 12.2. The van der Waals surface area contributed by atoms with Gasteiger partial charge in [-0.1, -0.05) is 11.6 Å². The highest BCUT2D eigenvalue weighted by atomic mass is 35.5. The van der Waals surface area contributed by atoms with Crippen LogP contribution in [-0.2, 0) is 6.54 Å². The number of halogens is 1. The van der Waals surface area contributed by atoms with Crippen molar-refractivity contribution in [2.24, 2.45) is 0 Å². The number of methoxy groups -OCH3 is 1. The minimum Gasteiger partial charge on any atom is -0.495 e. The first-order chi connectivity index (χ1) is 9.01. The Kier molecular flexibility index (Phi) is 3.90. The van der Waals surface area contributed by atoms with Crippen molar-refractivity contribution in [1.82, 2.24) is 9.78 Å². The molecule has 100 valence electrons. The lowest BCUT2D eigenvalue weighted by Crippen LogP contribution is -2.13. The molecule has 4 nitrogen and oxygen atoms in total. The molecule has 0 atom stereocenters. The molecule has 2 rings (SSSR count). The summed E-state index contributed by atoms with van der Waals surface area (Å²) in [6, 6.07) is 6.96. The zero-order valence-corrected chi connectivity index (χ0v) is 11.9. The van der Waals surface area contributed by atoms with Gasteiger partial charge in [-0.05, 0) is 38.1 Å². The zero-order chi connectivity index (χ0) is 14.0. The Morgan fingerprint density at radius 1 is 1.37 bits per heavy atom. The molecule has 1 aromatic heterocycles. The molecule has 1 heterocycles. The maximum Gasteiger partial charge on any atom is 0.184 e. The van der Waals surface area contributed by atoms with Crippen LogP contribution in [0.1, 0.15) is 21.7 Å². The van der Waals surface area contributed by atoms with Gasteiger partial charge in [0.25, 0.3) is 0 Å². The second-order valence-corrected chi connectivity index (χ2v) is 4.76. The van der Waals surface area contributed by atoms with E-state index < -0.39 is 0 Å². The van der Waals surface area contributed by atoms with Crippen LogP contribution in [0.2, 0.25) is 5.02 Å². The van der Waals surface area contributed by atoms with Gasteiger partial charge < -0.3 is 4.74 Å². The van der Waals surface area contributed by atoms with E-state index in [9.17, 15) is 4.79 Å². The van der Waals surface area contributed by atoms with E-state index in [1.54, 1.807) is 30.0 Å². The van der Waals surface area contributed by atoms with E-state index in [0.29, 0.717) is 16.3 Å². The van der Waals surface area contributed by atoms with Crippen LogP contribution in [-0.4, -0.2) is 22.7 Å². The molecule has 0 N–H and O–H groups in total. The molecule has 0 bridgehead atoms. The van der Waals surface area contributed by atoms with Crippen LogP contribution in [0, 0.1) is 13.8 Å². The predicted octanol–water partition coefficient (Wildman–Crippen LogP) is 3.04. The summed E-state index contributed by atoms with van der Waals surface area (Å²) in [5, 5.41) is 4.70. The second-order valence-electron chi connectivity index (χ2n) is 4.36. The predicted molar refractivity (Wildman–Crippen MR) is 74.0 cm³/mol. The minimum atomic E-state index is -0.0317. The van der Waals surface area contributed by atoms with Crippen LogP contribution in [0.25, 0.3) is 0 Å². The summed E-state index contributed by atoms with van der Waals surface area (Å²) in [5.74, 6) is 0.528. The molecule has 0 unspecified atom stereocenters. The molecule has 0 aliphatic rings. The number of aromatic nitrogens is 2. The fourth-order valence-corrected chi connectivity index (χ4v) is 2.16. The first-order valence-corrected chi connectivity index (χ1v) is 6.27. The van der Waals surface area contributed by atoms with E-state index in [1.807, 2.05) is 19.9 Å². The molecular formula is C14H15ClN2O2. The topological polar surface area (TPSA) is 44.1 Å². The Balaban J connectivity index is 2.20. The largest absolute Gasteiger partial charge is 0.495 e. The molecule has 1 aromatic carbocycles. The molecule has 19 heavy (non-hydrogen) atoms. The highest BCUT2D eigenvalue weighted by Crippen LogP contribution is 2.25. The number of benzene rings is 1. The van der Waals surface area contributed by atoms with Gasteiger partial charge >= 0.3 is 0 Å². The monoisotopic (exact) mass is 278 g/mol. The number of Topliss-reactive ketones (excluding diaryl/α,β-unsaturated/α-hetero) is 1. The third-order valence-corrected chi connectivity index (χ3v) is 3.17. The number of hydrogen-bond acceptors (Lipinski definition) is 3. The zero-order valence-electron chi connectivity index (χ0n) is 11.1. The number of carbonyl (C=O) groups excluding carboxylic acids is 1. The number of nitrogens with zero attached hydrogens (tertiary/aromatic N) is 2. The second kappa shape index (κ2) is 5.45. The van der Waals surface area contributed by atoms with Gasteiger partial charge in [0.15, 0.2) is 5.78 Å². The molecule has 0 aliphatic heterocycles. The smallest absolute Gasteiger partial charge is 0.184 e. The normalized spacial score (nSPS) is 10.5. The van der Waals surface area contributed by atoms with Crippen molar-refractivity contribution in [2.45, 2.75) is 20.4 Å². The van der Waals surface area contributed by atoms with Crippen LogP contribution in [0.5, 0.6) is 5.75 Å². The molecule has 0 saturated heterocycles. The van der Waals surface area contributed by atoms with Gasteiger partial charge in [-0.15, -0.1) is 0 Å². The Morgan fingerprint density at radius 2 is 2.11 bits per heavy atom. The Bertz CT molecular complexity index is 620. The highest BCUT2D eigenvalue weighted by molar-refractivity contribution is 6.32. The first kappa shape index (κ1) is 13.6. The lowest BCUT2D eigenvalue weighted by molar-refractivity contribution is 0.0966. The molecule has 0 saturated carbocycles. The molecule has 5 heteroatoms. The fourth-order valence-electron chi connectivity index (χ4n) is 1.90. The number of ketones is 1. The van der Waals surface area contributed by atoms with Crippen LogP contribution in [0.15, 0.2) is 24.3 Å². The number of aryl methyl sites for hydroxylation is 2. The first-order valence-electron chi connectivity index (χ1n) is 5.89. The van der Waals surface area contributed by atoms with Crippen LogP contribution in [0.4, 0.5) is 0 Å². The summed E-state index contributed by atoms with van der Waals surface area (Å²) in [7, 11) is 1.54. The van der Waals surface area contributed by atoms with Crippen LogP contribution >= 0.6 is 11.6 Å². The average molecular weight is 279 g/mol. The summed E-state index contributed by atoms with van der Waals surface area (Å²) < 4.78 is 6.75. The number of rotatable bonds is 4. The summed E-state index contributed by atoms with van der Waals surface area (Å²) in [5.41, 5.74) is 2.42. The van der Waals surface area contributed by atoms with Crippen molar-refractivity contribution in [1.29, 1.82) is 0 Å². The van der Waals surface area contributed by atoms with Gasteiger partial charge in [0.05, 0.1) is 17.8 Å². The molecule has 0 amide bonds. The molecule has 0 fully saturated rings. The Labute approximate surface area is 116 Å². The van der Waals surface area contributed by atoms with Crippen molar-refractivity contribution in [3.63, 3.8) is 0 Å². The fraction of sp³-hybridized carbons (Fsp3) is 0.286. The Morgan fingerprint density at radius 3 is 2.63 bits per heavy atom. The van der Waals surface area contributed by atoms with E-state index in [-0.39, 0.29) is 12.3 Å². The van der Waals surface area contributed by atoms with Crippen molar-refractivity contribution < 1.29 is 9.53 Å². The summed E-state index contributed by atoms with van der Waals surface area (Å²) in [6.07, 6.45) is 0. The van der Waals surface area contributed by atoms with Crippen LogP contribution < -0.4 is 4.74 Å². The van der Waals surface area contributed by atoms with Gasteiger partial charge in [-0.25, -0.2) is 0 Å². The number of ether oxygens (including phenoxy) is 1. The molecule has 0 radical (unpaired) electrons. The van der Waals surface area contributed by atoms with E-state index in [2.05, 4.69) is 5.10 Å². The third-order valence-electron chi connectivity index (χ3n) is 2.87. The van der Waals surface area contributed by atoms with Crippen molar-refractivity contribution in [2.75, 3.05) is 7.11 Å². The molecule has 2 aromatic rings. The van der Waals surface area contributed by atoms with Crippen molar-refractivity contribution in [3.8, 4) is 5.75 Å². The summed E-state index contributed by atoms with van der Waals surface area (Å²) >= 11 is 6.01. The van der Waals surface area contributed by atoms with E-state index in [0.717, 1.165) is 11.4 Å². The van der Waals surface area contributed by atoms with E-state index >= 15 is 0 Å². The van der Waals surface area contributed by atoms with Gasteiger partial charge in [-0.3, -0.25) is 9.48 Å². The van der Waals surface area contributed by atoms with Crippen molar-refractivity contribution >= 4 is 17.4 Å². The Hall–Kier alpha value is -1.81. The summed E-state index contributed by atoms with van der Waals surface area (Å²) in [6.45, 7) is 4.04. The quantitative estimate of drug-likeness (QED) is 0.808. The standard InChI is InChI=1S/C14H15ClN2O2/c1-9-6-10(2)17(16-9)8-13(18)11-4-5-14(19-3)12(15)7-11/h4-7H,8H2,1-3H3.